The number of esters is 1. The van der Waals surface area contributed by atoms with Gasteiger partial charge in [-0.15, -0.1) is 0 Å². The van der Waals surface area contributed by atoms with Gasteiger partial charge in [0.2, 0.25) is 5.91 Å². The lowest BCUT2D eigenvalue weighted by molar-refractivity contribution is -0.146. The van der Waals surface area contributed by atoms with E-state index in [1.807, 2.05) is 0 Å². The molecule has 1 heterocycles. The Balaban J connectivity index is 2.60. The maximum atomic E-state index is 11.7. The molecule has 0 aromatic carbocycles. The standard InChI is InChI=1S/C13H19N3O5/c1-4-21-12(19)8(3)14-10(17)6-5-9-7(2)15-13(20)16-11(9)18/h8H,4-6H2,1-3H3,(H,14,17)(H2,15,16,18,20). The summed E-state index contributed by atoms with van der Waals surface area (Å²) in [5.41, 5.74) is -0.326. The van der Waals surface area contributed by atoms with Crippen molar-refractivity contribution in [3.05, 3.63) is 32.1 Å². The molecule has 8 heteroatoms. The first kappa shape index (κ1) is 16.7. The van der Waals surface area contributed by atoms with E-state index in [1.54, 1.807) is 13.8 Å². The Kier molecular flexibility index (Phi) is 5.89. The lowest BCUT2D eigenvalue weighted by Gasteiger charge is -2.12. The molecule has 8 nitrogen and oxygen atoms in total. The molecule has 3 N–H and O–H groups in total. The van der Waals surface area contributed by atoms with Crippen LogP contribution in [-0.2, 0) is 20.7 Å². The first-order valence-corrected chi connectivity index (χ1v) is 6.63. The van der Waals surface area contributed by atoms with Gasteiger partial charge in [0.05, 0.1) is 6.61 Å². The van der Waals surface area contributed by atoms with Gasteiger partial charge < -0.3 is 15.0 Å². The van der Waals surface area contributed by atoms with Crippen LogP contribution < -0.4 is 16.6 Å². The maximum Gasteiger partial charge on any atom is 0.328 e. The van der Waals surface area contributed by atoms with E-state index >= 15 is 0 Å². The van der Waals surface area contributed by atoms with Crippen LogP contribution in [-0.4, -0.2) is 34.5 Å². The highest BCUT2D eigenvalue weighted by molar-refractivity contribution is 5.84. The monoisotopic (exact) mass is 297 g/mol. The fraction of sp³-hybridized carbons (Fsp3) is 0.538. The van der Waals surface area contributed by atoms with Crippen LogP contribution in [0.2, 0.25) is 0 Å². The van der Waals surface area contributed by atoms with Crippen LogP contribution in [0.25, 0.3) is 0 Å². The van der Waals surface area contributed by atoms with Gasteiger partial charge in [-0.05, 0) is 27.2 Å². The Bertz CT molecular complexity index is 631. The van der Waals surface area contributed by atoms with Gasteiger partial charge in [-0.25, -0.2) is 9.59 Å². The molecule has 1 unspecified atom stereocenters. The van der Waals surface area contributed by atoms with Crippen LogP contribution in [0.15, 0.2) is 9.59 Å². The highest BCUT2D eigenvalue weighted by Crippen LogP contribution is 2.00. The molecule has 0 radical (unpaired) electrons. The van der Waals surface area contributed by atoms with Crippen molar-refractivity contribution in [2.45, 2.75) is 39.7 Å². The molecule has 0 aliphatic heterocycles. The summed E-state index contributed by atoms with van der Waals surface area (Å²) in [6, 6.07) is -0.743. The fourth-order valence-corrected chi connectivity index (χ4v) is 1.81. The van der Waals surface area contributed by atoms with Crippen molar-refractivity contribution in [1.82, 2.24) is 15.3 Å². The Morgan fingerprint density at radius 2 is 1.95 bits per heavy atom. The predicted molar refractivity (Wildman–Crippen MR) is 75.0 cm³/mol. The number of carbonyl (C=O) groups excluding carboxylic acids is 2. The Morgan fingerprint density at radius 3 is 2.52 bits per heavy atom. The number of aromatic nitrogens is 2. The SMILES string of the molecule is CCOC(=O)C(C)NC(=O)CCc1c(C)[nH]c(=O)[nH]c1=O. The highest BCUT2D eigenvalue weighted by Gasteiger charge is 2.17. The van der Waals surface area contributed by atoms with Crippen molar-refractivity contribution in [2.75, 3.05) is 6.61 Å². The number of hydrogen-bond donors (Lipinski definition) is 3. The number of carbonyl (C=O) groups is 2. The van der Waals surface area contributed by atoms with Crippen LogP contribution in [0.3, 0.4) is 0 Å². The van der Waals surface area contributed by atoms with Crippen molar-refractivity contribution in [1.29, 1.82) is 0 Å². The molecule has 0 aliphatic carbocycles. The number of nitrogens with one attached hydrogen (secondary N) is 3. The quantitative estimate of drug-likeness (QED) is 0.604. The molecule has 1 aromatic rings. The summed E-state index contributed by atoms with van der Waals surface area (Å²) in [5, 5.41) is 2.49. The van der Waals surface area contributed by atoms with Gasteiger partial charge in [-0.3, -0.25) is 14.6 Å². The number of H-pyrrole nitrogens is 2. The number of ether oxygens (including phenoxy) is 1. The van der Waals surface area contributed by atoms with Crippen molar-refractivity contribution >= 4 is 11.9 Å². The largest absolute Gasteiger partial charge is 0.464 e. The smallest absolute Gasteiger partial charge is 0.328 e. The van der Waals surface area contributed by atoms with Gasteiger partial charge in [0.25, 0.3) is 5.56 Å². The lowest BCUT2D eigenvalue weighted by atomic mass is 10.1. The van der Waals surface area contributed by atoms with Gasteiger partial charge in [-0.2, -0.15) is 0 Å². The molecule has 1 atom stereocenters. The van der Waals surface area contributed by atoms with Gasteiger partial charge >= 0.3 is 11.7 Å². The number of aromatic amines is 2. The average Bonchev–Trinajstić information content (AvgIpc) is 2.37. The van der Waals surface area contributed by atoms with Crippen molar-refractivity contribution < 1.29 is 14.3 Å². The molecule has 0 saturated heterocycles. The summed E-state index contributed by atoms with van der Waals surface area (Å²) in [6.45, 7) is 5.03. The summed E-state index contributed by atoms with van der Waals surface area (Å²) in [6.07, 6.45) is 0.193. The fourth-order valence-electron chi connectivity index (χ4n) is 1.81. The number of rotatable bonds is 6. The number of aryl methyl sites for hydroxylation is 1. The number of amides is 1. The Morgan fingerprint density at radius 1 is 1.29 bits per heavy atom. The molecule has 1 amide bonds. The second-order valence-electron chi connectivity index (χ2n) is 4.55. The van der Waals surface area contributed by atoms with Crippen LogP contribution in [0.4, 0.5) is 0 Å². The van der Waals surface area contributed by atoms with Crippen LogP contribution in [0.1, 0.15) is 31.5 Å². The normalized spacial score (nSPS) is 11.8. The second-order valence-corrected chi connectivity index (χ2v) is 4.55. The van der Waals surface area contributed by atoms with Crippen molar-refractivity contribution in [2.24, 2.45) is 0 Å². The van der Waals surface area contributed by atoms with Gasteiger partial charge in [-0.1, -0.05) is 0 Å². The van der Waals surface area contributed by atoms with E-state index in [9.17, 15) is 19.2 Å². The Hall–Kier alpha value is -2.38. The second kappa shape index (κ2) is 7.41. The molecular weight excluding hydrogens is 278 g/mol. The molecule has 0 fully saturated rings. The van der Waals surface area contributed by atoms with Gasteiger partial charge in [0.15, 0.2) is 0 Å². The molecule has 116 valence electrons. The van der Waals surface area contributed by atoms with E-state index in [4.69, 9.17) is 4.74 Å². The van der Waals surface area contributed by atoms with Gasteiger partial charge in [0, 0.05) is 17.7 Å². The molecule has 0 aliphatic rings. The van der Waals surface area contributed by atoms with Crippen molar-refractivity contribution in [3.8, 4) is 0 Å². The minimum Gasteiger partial charge on any atom is -0.464 e. The molecule has 1 aromatic heterocycles. The van der Waals surface area contributed by atoms with E-state index in [-0.39, 0.29) is 25.4 Å². The molecule has 21 heavy (non-hydrogen) atoms. The highest BCUT2D eigenvalue weighted by atomic mass is 16.5. The summed E-state index contributed by atoms with van der Waals surface area (Å²) in [4.78, 5) is 50.3. The van der Waals surface area contributed by atoms with Crippen LogP contribution >= 0.6 is 0 Å². The van der Waals surface area contributed by atoms with Gasteiger partial charge in [0.1, 0.15) is 6.04 Å². The van der Waals surface area contributed by atoms with Crippen LogP contribution in [0.5, 0.6) is 0 Å². The van der Waals surface area contributed by atoms with E-state index in [0.717, 1.165) is 0 Å². The zero-order chi connectivity index (χ0) is 16.0. The van der Waals surface area contributed by atoms with E-state index < -0.39 is 23.3 Å². The summed E-state index contributed by atoms with van der Waals surface area (Å²) in [5.74, 6) is -0.885. The lowest BCUT2D eigenvalue weighted by Crippen LogP contribution is -2.40. The van der Waals surface area contributed by atoms with Crippen LogP contribution in [0, 0.1) is 6.92 Å². The predicted octanol–water partition coefficient (Wildman–Crippen LogP) is -0.628. The zero-order valence-corrected chi connectivity index (χ0v) is 12.2. The summed E-state index contributed by atoms with van der Waals surface area (Å²) >= 11 is 0. The molecule has 1 rings (SSSR count). The summed E-state index contributed by atoms with van der Waals surface area (Å²) in [7, 11) is 0. The number of hydrogen-bond acceptors (Lipinski definition) is 5. The summed E-state index contributed by atoms with van der Waals surface area (Å²) < 4.78 is 4.77. The third kappa shape index (κ3) is 4.90. The molecule has 0 bridgehead atoms. The third-order valence-corrected chi connectivity index (χ3v) is 2.87. The minimum atomic E-state index is -0.743. The maximum absolute atomic E-state index is 11.7. The Labute approximate surface area is 120 Å². The van der Waals surface area contributed by atoms with E-state index in [0.29, 0.717) is 11.3 Å². The molecule has 0 spiro atoms. The average molecular weight is 297 g/mol. The van der Waals surface area contributed by atoms with Crippen molar-refractivity contribution in [3.63, 3.8) is 0 Å². The first-order chi connectivity index (χ1) is 9.85. The molecule has 0 saturated carbocycles. The zero-order valence-electron chi connectivity index (χ0n) is 12.2. The first-order valence-electron chi connectivity index (χ1n) is 6.63. The minimum absolute atomic E-state index is 0.0275. The molecular formula is C13H19N3O5. The topological polar surface area (TPSA) is 121 Å². The third-order valence-electron chi connectivity index (χ3n) is 2.87. The van der Waals surface area contributed by atoms with E-state index in [2.05, 4.69) is 15.3 Å². The van der Waals surface area contributed by atoms with E-state index in [1.165, 1.54) is 6.92 Å².